The van der Waals surface area contributed by atoms with E-state index in [0.29, 0.717) is 6.61 Å². The number of pyridine rings is 1. The van der Waals surface area contributed by atoms with E-state index >= 15 is 0 Å². The summed E-state index contributed by atoms with van der Waals surface area (Å²) in [6.07, 6.45) is 3.28. The zero-order valence-electron chi connectivity index (χ0n) is 11.9. The Hall–Kier alpha value is -1.17. The number of nitrogens with zero attached hydrogens (tertiary/aromatic N) is 1. The summed E-state index contributed by atoms with van der Waals surface area (Å²) < 4.78 is 5.26. The molecule has 2 rings (SSSR count). The van der Waals surface area contributed by atoms with Crippen LogP contribution in [0.5, 0.6) is 0 Å². The molecule has 1 aromatic heterocycles. The lowest BCUT2D eigenvalue weighted by atomic mass is 9.78. The average Bonchev–Trinajstić information content (AvgIpc) is 2.43. The number of aromatic nitrogens is 1. The van der Waals surface area contributed by atoms with Crippen LogP contribution in [0.4, 0.5) is 5.69 Å². The van der Waals surface area contributed by atoms with E-state index in [1.165, 1.54) is 0 Å². The summed E-state index contributed by atoms with van der Waals surface area (Å²) >= 11 is 0. The number of rotatable bonds is 4. The van der Waals surface area contributed by atoms with E-state index in [1.807, 2.05) is 19.1 Å². The highest BCUT2D eigenvalue weighted by Crippen LogP contribution is 2.30. The Balaban J connectivity index is 0.00000200. The molecule has 1 amide bonds. The fourth-order valence-corrected chi connectivity index (χ4v) is 2.42. The molecule has 0 atom stereocenters. The molecule has 0 aliphatic carbocycles. The lowest BCUT2D eigenvalue weighted by molar-refractivity contribution is -0.130. The number of piperidine rings is 1. The van der Waals surface area contributed by atoms with Gasteiger partial charge in [0.05, 0.1) is 23.9 Å². The molecule has 112 valence electrons. The van der Waals surface area contributed by atoms with Crippen LogP contribution in [-0.2, 0) is 9.53 Å². The van der Waals surface area contributed by atoms with Gasteiger partial charge >= 0.3 is 0 Å². The van der Waals surface area contributed by atoms with E-state index in [4.69, 9.17) is 4.74 Å². The molecule has 1 aromatic rings. The number of carbonyl (C=O) groups is 1. The van der Waals surface area contributed by atoms with Gasteiger partial charge in [0.2, 0.25) is 5.91 Å². The van der Waals surface area contributed by atoms with E-state index in [9.17, 15) is 4.79 Å². The molecule has 0 bridgehead atoms. The van der Waals surface area contributed by atoms with Gasteiger partial charge in [0.15, 0.2) is 0 Å². The van der Waals surface area contributed by atoms with Crippen molar-refractivity contribution >= 4 is 24.0 Å². The minimum atomic E-state index is -0.426. The van der Waals surface area contributed by atoms with Gasteiger partial charge in [-0.1, -0.05) is 0 Å². The van der Waals surface area contributed by atoms with Crippen LogP contribution in [0.2, 0.25) is 0 Å². The van der Waals surface area contributed by atoms with Crippen molar-refractivity contribution in [1.29, 1.82) is 0 Å². The Morgan fingerprint density at radius 2 is 2.15 bits per heavy atom. The zero-order valence-corrected chi connectivity index (χ0v) is 12.8. The van der Waals surface area contributed by atoms with Crippen LogP contribution in [0.25, 0.3) is 0 Å². The molecule has 1 aliphatic heterocycles. The van der Waals surface area contributed by atoms with Crippen LogP contribution >= 0.6 is 12.4 Å². The van der Waals surface area contributed by atoms with Crippen LogP contribution in [0.15, 0.2) is 18.3 Å². The monoisotopic (exact) mass is 299 g/mol. The van der Waals surface area contributed by atoms with Gasteiger partial charge < -0.3 is 15.4 Å². The smallest absolute Gasteiger partial charge is 0.233 e. The topological polar surface area (TPSA) is 63.2 Å². The minimum absolute atomic E-state index is 0. The second-order valence-electron chi connectivity index (χ2n) is 5.11. The number of anilines is 1. The van der Waals surface area contributed by atoms with E-state index in [1.54, 1.807) is 13.3 Å². The largest absolute Gasteiger partial charge is 0.384 e. The highest BCUT2D eigenvalue weighted by Gasteiger charge is 2.39. The van der Waals surface area contributed by atoms with Crippen molar-refractivity contribution in [3.63, 3.8) is 0 Å². The molecule has 0 saturated carbocycles. The summed E-state index contributed by atoms with van der Waals surface area (Å²) in [5, 5.41) is 6.23. The van der Waals surface area contributed by atoms with Gasteiger partial charge in [0.25, 0.3) is 0 Å². The number of aryl methyl sites for hydroxylation is 1. The van der Waals surface area contributed by atoms with E-state index in [-0.39, 0.29) is 18.3 Å². The third kappa shape index (κ3) is 3.91. The van der Waals surface area contributed by atoms with E-state index in [2.05, 4.69) is 15.6 Å². The number of hydrogen-bond acceptors (Lipinski definition) is 4. The van der Waals surface area contributed by atoms with Gasteiger partial charge in [-0.2, -0.15) is 0 Å². The minimum Gasteiger partial charge on any atom is -0.384 e. The molecule has 0 aromatic carbocycles. The van der Waals surface area contributed by atoms with Crippen molar-refractivity contribution in [2.75, 3.05) is 32.1 Å². The molecule has 1 aliphatic rings. The van der Waals surface area contributed by atoms with Crippen molar-refractivity contribution in [1.82, 2.24) is 10.3 Å². The second-order valence-corrected chi connectivity index (χ2v) is 5.11. The second kappa shape index (κ2) is 7.57. The molecule has 0 radical (unpaired) electrons. The maximum absolute atomic E-state index is 12.5. The number of hydrogen-bond donors (Lipinski definition) is 2. The van der Waals surface area contributed by atoms with Crippen molar-refractivity contribution in [3.05, 3.63) is 24.0 Å². The fourth-order valence-electron chi connectivity index (χ4n) is 2.42. The predicted octanol–water partition coefficient (Wildman–Crippen LogP) is 1.77. The summed E-state index contributed by atoms with van der Waals surface area (Å²) in [6.45, 7) is 4.08. The van der Waals surface area contributed by atoms with Gasteiger partial charge in [0.1, 0.15) is 0 Å². The fraction of sp³-hybridized carbons (Fsp3) is 0.571. The van der Waals surface area contributed by atoms with Crippen molar-refractivity contribution < 1.29 is 9.53 Å². The first-order chi connectivity index (χ1) is 9.16. The molecular weight excluding hydrogens is 278 g/mol. The van der Waals surface area contributed by atoms with Crippen LogP contribution in [-0.4, -0.2) is 37.7 Å². The maximum atomic E-state index is 12.5. The Bertz CT molecular complexity index is 425. The normalized spacial score (nSPS) is 17.1. The molecule has 0 unspecified atom stereocenters. The predicted molar refractivity (Wildman–Crippen MR) is 81.3 cm³/mol. The van der Waals surface area contributed by atoms with Gasteiger partial charge in [-0.15, -0.1) is 12.4 Å². The Morgan fingerprint density at radius 1 is 1.45 bits per heavy atom. The number of methoxy groups -OCH3 is 1. The molecule has 2 heterocycles. The SMILES string of the molecule is COCC1(C(=O)Nc2ccc(C)nc2)CCNCC1.Cl. The molecule has 6 heteroatoms. The van der Waals surface area contributed by atoms with Crippen LogP contribution < -0.4 is 10.6 Å². The Morgan fingerprint density at radius 3 is 2.70 bits per heavy atom. The molecule has 1 fully saturated rings. The first kappa shape index (κ1) is 16.9. The number of carbonyl (C=O) groups excluding carboxylic acids is 1. The number of nitrogens with one attached hydrogen (secondary N) is 2. The third-order valence-electron chi connectivity index (χ3n) is 3.63. The van der Waals surface area contributed by atoms with Gasteiger partial charge in [-0.05, 0) is 45.0 Å². The summed E-state index contributed by atoms with van der Waals surface area (Å²) in [5.74, 6) is 0.0292. The summed E-state index contributed by atoms with van der Waals surface area (Å²) in [6, 6.07) is 3.77. The first-order valence-electron chi connectivity index (χ1n) is 6.60. The quantitative estimate of drug-likeness (QED) is 0.889. The van der Waals surface area contributed by atoms with Gasteiger partial charge in [0, 0.05) is 12.8 Å². The van der Waals surface area contributed by atoms with Crippen molar-refractivity contribution in [2.24, 2.45) is 5.41 Å². The number of ether oxygens (including phenoxy) is 1. The standard InChI is InChI=1S/C14H21N3O2.ClH/c1-11-3-4-12(9-16-11)17-13(18)14(10-19-2)5-7-15-8-6-14;/h3-4,9,15H,5-8,10H2,1-2H3,(H,17,18);1H. The highest BCUT2D eigenvalue weighted by molar-refractivity contribution is 5.95. The third-order valence-corrected chi connectivity index (χ3v) is 3.63. The average molecular weight is 300 g/mol. The molecule has 2 N–H and O–H groups in total. The molecule has 5 nitrogen and oxygen atoms in total. The summed E-state index contributed by atoms with van der Waals surface area (Å²) in [4.78, 5) is 16.7. The molecule has 1 saturated heterocycles. The van der Waals surface area contributed by atoms with Crippen LogP contribution in [0.3, 0.4) is 0 Å². The van der Waals surface area contributed by atoms with Crippen molar-refractivity contribution in [2.45, 2.75) is 19.8 Å². The molecule has 20 heavy (non-hydrogen) atoms. The van der Waals surface area contributed by atoms with Crippen LogP contribution in [0.1, 0.15) is 18.5 Å². The first-order valence-corrected chi connectivity index (χ1v) is 6.60. The van der Waals surface area contributed by atoms with Crippen molar-refractivity contribution in [3.8, 4) is 0 Å². The van der Waals surface area contributed by atoms with E-state index < -0.39 is 5.41 Å². The summed E-state index contributed by atoms with van der Waals surface area (Å²) in [5.41, 5.74) is 1.25. The molecule has 0 spiro atoms. The highest BCUT2D eigenvalue weighted by atomic mass is 35.5. The Labute approximate surface area is 125 Å². The van der Waals surface area contributed by atoms with Gasteiger partial charge in [-0.25, -0.2) is 0 Å². The van der Waals surface area contributed by atoms with E-state index in [0.717, 1.165) is 37.3 Å². The number of amides is 1. The summed E-state index contributed by atoms with van der Waals surface area (Å²) in [7, 11) is 1.64. The lowest BCUT2D eigenvalue weighted by Gasteiger charge is -2.35. The lowest BCUT2D eigenvalue weighted by Crippen LogP contribution is -2.47. The zero-order chi connectivity index (χ0) is 13.7. The molecular formula is C14H22ClN3O2. The number of halogens is 1. The maximum Gasteiger partial charge on any atom is 0.233 e. The Kier molecular flexibility index (Phi) is 6.39. The van der Waals surface area contributed by atoms with Gasteiger partial charge in [-0.3, -0.25) is 9.78 Å². The van der Waals surface area contributed by atoms with Crippen LogP contribution in [0, 0.1) is 12.3 Å².